The van der Waals surface area contributed by atoms with Gasteiger partial charge in [-0.3, -0.25) is 10.1 Å². The average Bonchev–Trinajstić information content (AvgIpc) is 3.26. The van der Waals surface area contributed by atoms with E-state index < -0.39 is 0 Å². The van der Waals surface area contributed by atoms with E-state index in [4.69, 9.17) is 21.4 Å². The number of aromatic nitrogens is 1. The Bertz CT molecular complexity index is 1300. The van der Waals surface area contributed by atoms with Crippen molar-refractivity contribution in [2.24, 2.45) is 0 Å². The van der Waals surface area contributed by atoms with Gasteiger partial charge in [0.15, 0.2) is 10.7 Å². The van der Waals surface area contributed by atoms with Crippen LogP contribution in [0.3, 0.4) is 0 Å². The first-order valence-corrected chi connectivity index (χ1v) is 11.7. The molecule has 0 saturated carbocycles. The number of oxazole rings is 1. The van der Waals surface area contributed by atoms with Crippen LogP contribution < -0.4 is 15.4 Å². The maximum absolute atomic E-state index is 12.5. The van der Waals surface area contributed by atoms with Crippen LogP contribution in [0, 0.1) is 0 Å². The molecule has 1 amide bonds. The zero-order chi connectivity index (χ0) is 24.1. The van der Waals surface area contributed by atoms with Crippen LogP contribution in [0.25, 0.3) is 22.6 Å². The third-order valence-corrected chi connectivity index (χ3v) is 5.49. The highest BCUT2D eigenvalue weighted by atomic mass is 32.1. The van der Waals surface area contributed by atoms with Crippen LogP contribution in [0.15, 0.2) is 71.1 Å². The SMILES string of the molecule is CCCOc1ccc(C(=O)NC(=S)Nc2ccc3oc(-c4ccc(C(C)C)cc4)nc3c2)cc1. The van der Waals surface area contributed by atoms with Gasteiger partial charge in [-0.1, -0.05) is 32.9 Å². The molecule has 2 N–H and O–H groups in total. The Morgan fingerprint density at radius 1 is 1.06 bits per heavy atom. The molecular formula is C27H27N3O3S. The number of benzene rings is 3. The van der Waals surface area contributed by atoms with Crippen molar-refractivity contribution in [1.82, 2.24) is 10.3 Å². The van der Waals surface area contributed by atoms with E-state index in [-0.39, 0.29) is 11.0 Å². The Hall–Kier alpha value is -3.71. The molecule has 6 nitrogen and oxygen atoms in total. The fourth-order valence-electron chi connectivity index (χ4n) is 3.40. The maximum atomic E-state index is 12.5. The van der Waals surface area contributed by atoms with Gasteiger partial charge in [0.1, 0.15) is 11.3 Å². The van der Waals surface area contributed by atoms with E-state index in [1.54, 1.807) is 24.3 Å². The molecule has 0 bridgehead atoms. The largest absolute Gasteiger partial charge is 0.494 e. The lowest BCUT2D eigenvalue weighted by molar-refractivity contribution is 0.0977. The third-order valence-electron chi connectivity index (χ3n) is 5.29. The lowest BCUT2D eigenvalue weighted by Crippen LogP contribution is -2.34. The summed E-state index contributed by atoms with van der Waals surface area (Å²) >= 11 is 5.32. The van der Waals surface area contributed by atoms with E-state index in [2.05, 4.69) is 41.6 Å². The molecule has 1 aromatic heterocycles. The zero-order valence-electron chi connectivity index (χ0n) is 19.4. The van der Waals surface area contributed by atoms with Crippen LogP contribution in [0.2, 0.25) is 0 Å². The van der Waals surface area contributed by atoms with E-state index in [0.717, 1.165) is 17.7 Å². The van der Waals surface area contributed by atoms with E-state index in [1.165, 1.54) is 5.56 Å². The minimum absolute atomic E-state index is 0.198. The second kappa shape index (κ2) is 10.5. The summed E-state index contributed by atoms with van der Waals surface area (Å²) in [7, 11) is 0. The van der Waals surface area contributed by atoms with Crippen molar-refractivity contribution in [3.05, 3.63) is 77.9 Å². The number of nitrogens with zero attached hydrogens (tertiary/aromatic N) is 1. The molecule has 0 saturated heterocycles. The Kier molecular flexibility index (Phi) is 7.23. The monoisotopic (exact) mass is 473 g/mol. The van der Waals surface area contributed by atoms with Crippen LogP contribution in [0.1, 0.15) is 49.0 Å². The van der Waals surface area contributed by atoms with Gasteiger partial charge >= 0.3 is 0 Å². The number of fused-ring (bicyclic) bond motifs is 1. The summed E-state index contributed by atoms with van der Waals surface area (Å²) in [6.07, 6.45) is 0.926. The summed E-state index contributed by atoms with van der Waals surface area (Å²) in [5, 5.41) is 5.93. The molecule has 3 aromatic carbocycles. The van der Waals surface area contributed by atoms with E-state index in [9.17, 15) is 4.79 Å². The van der Waals surface area contributed by atoms with Gasteiger partial charge in [0.05, 0.1) is 6.61 Å². The smallest absolute Gasteiger partial charge is 0.257 e. The molecule has 7 heteroatoms. The molecule has 0 aliphatic carbocycles. The summed E-state index contributed by atoms with van der Waals surface area (Å²) in [5.41, 5.74) is 4.76. The van der Waals surface area contributed by atoms with Gasteiger partial charge in [0, 0.05) is 16.8 Å². The predicted octanol–water partition coefficient (Wildman–Crippen LogP) is 6.53. The van der Waals surface area contributed by atoms with E-state index in [0.29, 0.717) is 40.8 Å². The predicted molar refractivity (Wildman–Crippen MR) is 139 cm³/mol. The molecule has 0 aliphatic heterocycles. The number of carbonyl (C=O) groups excluding carboxylic acids is 1. The molecule has 4 aromatic rings. The number of thiocarbonyl (C=S) groups is 1. The summed E-state index contributed by atoms with van der Waals surface area (Å²) in [5.74, 6) is 1.46. The number of anilines is 1. The standard InChI is InChI=1S/C27H27N3O3S/c1-4-15-32-22-12-9-19(10-13-22)25(31)30-27(34)28-21-11-14-24-23(16-21)29-26(33-24)20-7-5-18(6-8-20)17(2)3/h5-14,16-17H,4,15H2,1-3H3,(H2,28,30,31,34). The lowest BCUT2D eigenvalue weighted by Gasteiger charge is -2.10. The number of carbonyl (C=O) groups is 1. The number of rotatable bonds is 7. The first kappa shape index (κ1) is 23.4. The number of ether oxygens (including phenoxy) is 1. The Morgan fingerprint density at radius 3 is 2.47 bits per heavy atom. The molecule has 0 aliphatic rings. The number of amides is 1. The van der Waals surface area contributed by atoms with Crippen LogP contribution in [-0.4, -0.2) is 22.6 Å². The molecule has 0 unspecified atom stereocenters. The molecule has 0 fully saturated rings. The second-order valence-electron chi connectivity index (χ2n) is 8.26. The van der Waals surface area contributed by atoms with Crippen LogP contribution >= 0.6 is 12.2 Å². The highest BCUT2D eigenvalue weighted by Gasteiger charge is 2.12. The number of hydrogen-bond donors (Lipinski definition) is 2. The highest BCUT2D eigenvalue weighted by molar-refractivity contribution is 7.80. The van der Waals surface area contributed by atoms with Gasteiger partial charge in [-0.2, -0.15) is 0 Å². The van der Waals surface area contributed by atoms with Crippen LogP contribution in [0.5, 0.6) is 5.75 Å². The van der Waals surface area contributed by atoms with Gasteiger partial charge in [-0.25, -0.2) is 4.98 Å². The lowest BCUT2D eigenvalue weighted by atomic mass is 10.0. The molecule has 1 heterocycles. The van der Waals surface area contributed by atoms with Crippen molar-refractivity contribution < 1.29 is 13.9 Å². The summed E-state index contributed by atoms with van der Waals surface area (Å²) in [6, 6.07) is 20.7. The minimum Gasteiger partial charge on any atom is -0.494 e. The molecule has 0 radical (unpaired) electrons. The molecule has 34 heavy (non-hydrogen) atoms. The Morgan fingerprint density at radius 2 is 1.79 bits per heavy atom. The minimum atomic E-state index is -0.297. The second-order valence-corrected chi connectivity index (χ2v) is 8.67. The van der Waals surface area contributed by atoms with Crippen molar-refractivity contribution >= 4 is 40.0 Å². The maximum Gasteiger partial charge on any atom is 0.257 e. The van der Waals surface area contributed by atoms with Crippen molar-refractivity contribution in [2.75, 3.05) is 11.9 Å². The molecular weight excluding hydrogens is 446 g/mol. The molecule has 4 rings (SSSR count). The Balaban J connectivity index is 1.40. The third kappa shape index (κ3) is 5.61. The zero-order valence-corrected chi connectivity index (χ0v) is 20.2. The van der Waals surface area contributed by atoms with Crippen LogP contribution in [-0.2, 0) is 0 Å². The fourth-order valence-corrected chi connectivity index (χ4v) is 3.61. The summed E-state index contributed by atoms with van der Waals surface area (Å²) in [4.78, 5) is 17.1. The van der Waals surface area contributed by atoms with Gasteiger partial charge in [0.2, 0.25) is 5.89 Å². The summed E-state index contributed by atoms with van der Waals surface area (Å²) in [6.45, 7) is 7.01. The van der Waals surface area contributed by atoms with Gasteiger partial charge in [-0.15, -0.1) is 0 Å². The molecule has 0 atom stereocenters. The highest BCUT2D eigenvalue weighted by Crippen LogP contribution is 2.27. The first-order chi connectivity index (χ1) is 16.4. The van der Waals surface area contributed by atoms with Gasteiger partial charge < -0.3 is 14.5 Å². The van der Waals surface area contributed by atoms with Crippen molar-refractivity contribution in [1.29, 1.82) is 0 Å². The molecule has 0 spiro atoms. The van der Waals surface area contributed by atoms with Crippen molar-refractivity contribution in [2.45, 2.75) is 33.1 Å². The van der Waals surface area contributed by atoms with Crippen molar-refractivity contribution in [3.63, 3.8) is 0 Å². The van der Waals surface area contributed by atoms with E-state index >= 15 is 0 Å². The Labute approximate surface area is 204 Å². The fraction of sp³-hybridized carbons (Fsp3) is 0.222. The van der Waals surface area contributed by atoms with Crippen molar-refractivity contribution in [3.8, 4) is 17.2 Å². The summed E-state index contributed by atoms with van der Waals surface area (Å²) < 4.78 is 11.5. The van der Waals surface area contributed by atoms with E-state index in [1.807, 2.05) is 37.3 Å². The van der Waals surface area contributed by atoms with Crippen LogP contribution in [0.4, 0.5) is 5.69 Å². The number of hydrogen-bond acceptors (Lipinski definition) is 5. The van der Waals surface area contributed by atoms with Gasteiger partial charge in [-0.05, 0) is 84.7 Å². The quantitative estimate of drug-likeness (QED) is 0.297. The van der Waals surface area contributed by atoms with Gasteiger partial charge in [0.25, 0.3) is 5.91 Å². The first-order valence-electron chi connectivity index (χ1n) is 11.3. The number of nitrogens with one attached hydrogen (secondary N) is 2. The normalized spacial score (nSPS) is 10.9. The topological polar surface area (TPSA) is 76.4 Å². The molecule has 174 valence electrons. The average molecular weight is 474 g/mol.